The van der Waals surface area contributed by atoms with Crippen molar-refractivity contribution in [3.63, 3.8) is 0 Å². The van der Waals surface area contributed by atoms with Gasteiger partial charge in [-0.05, 0) is 44.3 Å². The van der Waals surface area contributed by atoms with Crippen LogP contribution in [0, 0.1) is 6.92 Å². The second-order valence-corrected chi connectivity index (χ2v) is 6.08. The Morgan fingerprint density at radius 2 is 1.81 bits per heavy atom. The van der Waals surface area contributed by atoms with E-state index >= 15 is 0 Å². The van der Waals surface area contributed by atoms with Crippen molar-refractivity contribution in [1.29, 1.82) is 0 Å². The zero-order chi connectivity index (χ0) is 15.4. The predicted octanol–water partition coefficient (Wildman–Crippen LogP) is 4.00. The second-order valence-electron chi connectivity index (χ2n) is 5.23. The Morgan fingerprint density at radius 1 is 1.14 bits per heavy atom. The highest BCUT2D eigenvalue weighted by Gasteiger charge is 2.22. The molecule has 0 heterocycles. The quantitative estimate of drug-likeness (QED) is 0.907. The van der Waals surface area contributed by atoms with Crippen molar-refractivity contribution in [2.24, 2.45) is 0 Å². The van der Waals surface area contributed by atoms with E-state index in [9.17, 15) is 4.79 Å². The lowest BCUT2D eigenvalue weighted by Gasteiger charge is -2.24. The zero-order valence-corrected chi connectivity index (χ0v) is 14.0. The standard InChI is InChI=1S/C17H19BrN2O/c1-12-9-10-14(11-15(12)18)19-17(21)16(20(2)3)13-7-5-4-6-8-13/h4-11,16H,1-3H3,(H,19,21). The van der Waals surface area contributed by atoms with Crippen LogP contribution in [0.1, 0.15) is 17.2 Å². The SMILES string of the molecule is Cc1ccc(NC(=O)C(c2ccccc2)N(C)C)cc1Br. The maximum Gasteiger partial charge on any atom is 0.246 e. The van der Waals surface area contributed by atoms with Crippen LogP contribution in [0.15, 0.2) is 53.0 Å². The van der Waals surface area contributed by atoms with Crippen molar-refractivity contribution >= 4 is 27.5 Å². The molecule has 1 amide bonds. The molecule has 110 valence electrons. The first kappa shape index (κ1) is 15.7. The van der Waals surface area contributed by atoms with Gasteiger partial charge in [-0.15, -0.1) is 0 Å². The van der Waals surface area contributed by atoms with E-state index in [4.69, 9.17) is 0 Å². The fourth-order valence-electron chi connectivity index (χ4n) is 2.20. The summed E-state index contributed by atoms with van der Waals surface area (Å²) in [5, 5.41) is 2.98. The Kier molecular flexibility index (Phi) is 5.15. The molecule has 0 aromatic heterocycles. The fourth-order valence-corrected chi connectivity index (χ4v) is 2.58. The summed E-state index contributed by atoms with van der Waals surface area (Å²) in [4.78, 5) is 14.5. The number of aryl methyl sites for hydroxylation is 1. The highest BCUT2D eigenvalue weighted by Crippen LogP contribution is 2.23. The molecular weight excluding hydrogens is 328 g/mol. The van der Waals surface area contributed by atoms with Crippen molar-refractivity contribution in [2.75, 3.05) is 19.4 Å². The van der Waals surface area contributed by atoms with Crippen LogP contribution in [0.2, 0.25) is 0 Å². The van der Waals surface area contributed by atoms with Gasteiger partial charge in [-0.1, -0.05) is 52.3 Å². The molecule has 0 aliphatic heterocycles. The molecule has 0 fully saturated rings. The normalized spacial score (nSPS) is 12.2. The molecule has 0 aliphatic carbocycles. The summed E-state index contributed by atoms with van der Waals surface area (Å²) < 4.78 is 0.987. The first-order chi connectivity index (χ1) is 9.99. The highest BCUT2D eigenvalue weighted by atomic mass is 79.9. The van der Waals surface area contributed by atoms with E-state index in [0.717, 1.165) is 21.3 Å². The minimum atomic E-state index is -0.314. The average molecular weight is 347 g/mol. The van der Waals surface area contributed by atoms with Crippen molar-refractivity contribution in [3.05, 3.63) is 64.1 Å². The Hall–Kier alpha value is -1.65. The summed E-state index contributed by atoms with van der Waals surface area (Å²) in [7, 11) is 3.81. The summed E-state index contributed by atoms with van der Waals surface area (Å²) in [5.74, 6) is -0.0399. The third-order valence-electron chi connectivity index (χ3n) is 3.32. The van der Waals surface area contributed by atoms with Crippen LogP contribution in [0.5, 0.6) is 0 Å². The zero-order valence-electron chi connectivity index (χ0n) is 12.4. The number of benzene rings is 2. The van der Waals surface area contributed by atoms with Gasteiger partial charge in [0.05, 0.1) is 0 Å². The topological polar surface area (TPSA) is 32.3 Å². The van der Waals surface area contributed by atoms with Crippen LogP contribution in [-0.2, 0) is 4.79 Å². The number of hydrogen-bond acceptors (Lipinski definition) is 2. The first-order valence-electron chi connectivity index (χ1n) is 6.77. The maximum atomic E-state index is 12.6. The van der Waals surface area contributed by atoms with Crippen molar-refractivity contribution in [1.82, 2.24) is 4.90 Å². The summed E-state index contributed by atoms with van der Waals surface area (Å²) in [6.45, 7) is 2.02. The van der Waals surface area contributed by atoms with Gasteiger partial charge in [0.2, 0.25) is 5.91 Å². The largest absolute Gasteiger partial charge is 0.324 e. The van der Waals surface area contributed by atoms with Crippen LogP contribution in [0.4, 0.5) is 5.69 Å². The van der Waals surface area contributed by atoms with Crippen LogP contribution in [0.3, 0.4) is 0 Å². The predicted molar refractivity (Wildman–Crippen MR) is 90.4 cm³/mol. The lowest BCUT2D eigenvalue weighted by molar-refractivity contribution is -0.120. The molecule has 1 unspecified atom stereocenters. The molecule has 1 atom stereocenters. The summed E-state index contributed by atoms with van der Waals surface area (Å²) in [5.41, 5.74) is 2.91. The van der Waals surface area contributed by atoms with Gasteiger partial charge in [0.15, 0.2) is 0 Å². The van der Waals surface area contributed by atoms with Crippen LogP contribution in [0.25, 0.3) is 0 Å². The Balaban J connectivity index is 2.21. The molecule has 1 N–H and O–H groups in total. The second kappa shape index (κ2) is 6.87. The molecule has 21 heavy (non-hydrogen) atoms. The minimum absolute atomic E-state index is 0.0399. The number of nitrogens with one attached hydrogen (secondary N) is 1. The van der Waals surface area contributed by atoms with Gasteiger partial charge in [-0.3, -0.25) is 9.69 Å². The molecular formula is C17H19BrN2O. The molecule has 2 aromatic carbocycles. The van der Waals surface area contributed by atoms with Gasteiger partial charge in [0, 0.05) is 10.2 Å². The van der Waals surface area contributed by atoms with Gasteiger partial charge >= 0.3 is 0 Å². The monoisotopic (exact) mass is 346 g/mol. The molecule has 2 aromatic rings. The number of anilines is 1. The number of carbonyl (C=O) groups excluding carboxylic acids is 1. The number of likely N-dealkylation sites (N-methyl/N-ethyl adjacent to an activating group) is 1. The molecule has 3 nitrogen and oxygen atoms in total. The number of hydrogen-bond donors (Lipinski definition) is 1. The van der Waals surface area contributed by atoms with E-state index in [1.807, 2.05) is 74.4 Å². The van der Waals surface area contributed by atoms with Gasteiger partial charge in [0.25, 0.3) is 0 Å². The van der Waals surface area contributed by atoms with E-state index in [1.165, 1.54) is 0 Å². The van der Waals surface area contributed by atoms with E-state index in [0.29, 0.717) is 0 Å². The first-order valence-corrected chi connectivity index (χ1v) is 7.56. The Labute approximate surface area is 134 Å². The summed E-state index contributed by atoms with van der Waals surface area (Å²) in [6, 6.07) is 15.3. The Morgan fingerprint density at radius 3 is 2.38 bits per heavy atom. The third kappa shape index (κ3) is 3.93. The average Bonchev–Trinajstić information content (AvgIpc) is 2.44. The number of carbonyl (C=O) groups is 1. The molecule has 0 aliphatic rings. The van der Waals surface area contributed by atoms with Crippen LogP contribution >= 0.6 is 15.9 Å². The molecule has 4 heteroatoms. The molecule has 0 saturated heterocycles. The van der Waals surface area contributed by atoms with Gasteiger partial charge in [-0.2, -0.15) is 0 Å². The number of halogens is 1. The van der Waals surface area contributed by atoms with Crippen LogP contribution < -0.4 is 5.32 Å². The molecule has 2 rings (SSSR count). The highest BCUT2D eigenvalue weighted by molar-refractivity contribution is 9.10. The Bertz CT molecular complexity index is 626. The summed E-state index contributed by atoms with van der Waals surface area (Å²) in [6.07, 6.45) is 0. The molecule has 0 bridgehead atoms. The van der Waals surface area contributed by atoms with E-state index in [2.05, 4.69) is 21.2 Å². The molecule has 0 spiro atoms. The van der Waals surface area contributed by atoms with Crippen molar-refractivity contribution in [3.8, 4) is 0 Å². The lowest BCUT2D eigenvalue weighted by atomic mass is 10.1. The van der Waals surface area contributed by atoms with Gasteiger partial charge in [-0.25, -0.2) is 0 Å². The number of nitrogens with zero attached hydrogens (tertiary/aromatic N) is 1. The van der Waals surface area contributed by atoms with Crippen molar-refractivity contribution < 1.29 is 4.79 Å². The molecule has 0 radical (unpaired) electrons. The number of amides is 1. The van der Waals surface area contributed by atoms with Crippen LogP contribution in [-0.4, -0.2) is 24.9 Å². The maximum absolute atomic E-state index is 12.6. The fraction of sp³-hybridized carbons (Fsp3) is 0.235. The van der Waals surface area contributed by atoms with Crippen molar-refractivity contribution in [2.45, 2.75) is 13.0 Å². The lowest BCUT2D eigenvalue weighted by Crippen LogP contribution is -2.32. The molecule has 0 saturated carbocycles. The van der Waals surface area contributed by atoms with E-state index in [-0.39, 0.29) is 11.9 Å². The summed E-state index contributed by atoms with van der Waals surface area (Å²) >= 11 is 3.49. The van der Waals surface area contributed by atoms with E-state index in [1.54, 1.807) is 0 Å². The van der Waals surface area contributed by atoms with Gasteiger partial charge in [0.1, 0.15) is 6.04 Å². The minimum Gasteiger partial charge on any atom is -0.324 e. The van der Waals surface area contributed by atoms with E-state index < -0.39 is 0 Å². The third-order valence-corrected chi connectivity index (χ3v) is 4.17. The van der Waals surface area contributed by atoms with Gasteiger partial charge < -0.3 is 5.32 Å². The smallest absolute Gasteiger partial charge is 0.246 e. The number of rotatable bonds is 4.